The van der Waals surface area contributed by atoms with Crippen molar-refractivity contribution in [1.82, 2.24) is 4.98 Å². The van der Waals surface area contributed by atoms with Crippen LogP contribution in [0.25, 0.3) is 10.9 Å². The second-order valence-corrected chi connectivity index (χ2v) is 4.23. The van der Waals surface area contributed by atoms with E-state index in [1.54, 1.807) is 0 Å². The summed E-state index contributed by atoms with van der Waals surface area (Å²) >= 11 is 0. The van der Waals surface area contributed by atoms with Crippen molar-refractivity contribution in [3.05, 3.63) is 36.0 Å². The summed E-state index contributed by atoms with van der Waals surface area (Å²) in [5.74, 6) is 0. The lowest BCUT2D eigenvalue weighted by atomic mass is 9.93. The van der Waals surface area contributed by atoms with E-state index in [0.717, 1.165) is 6.54 Å². The largest absolute Gasteiger partial charge is 0.361 e. The van der Waals surface area contributed by atoms with Crippen LogP contribution in [0.2, 0.25) is 0 Å². The van der Waals surface area contributed by atoms with E-state index in [1.165, 1.54) is 29.3 Å². The minimum atomic E-state index is 0.293. The lowest BCUT2D eigenvalue weighted by molar-refractivity contribution is 0.711. The maximum atomic E-state index is 5.85. The number of hydrogen-bond acceptors (Lipinski definition) is 1. The number of H-pyrrole nitrogens is 1. The molecule has 0 atom stereocenters. The fraction of sp³-hybridized carbons (Fsp3) is 0.333. The summed E-state index contributed by atoms with van der Waals surface area (Å²) in [7, 11) is 0. The van der Waals surface area contributed by atoms with Gasteiger partial charge in [0, 0.05) is 29.1 Å². The van der Waals surface area contributed by atoms with Crippen LogP contribution in [-0.2, 0) is 5.41 Å². The Labute approximate surface area is 83.1 Å². The topological polar surface area (TPSA) is 41.8 Å². The van der Waals surface area contributed by atoms with Gasteiger partial charge in [-0.25, -0.2) is 0 Å². The molecule has 1 aromatic carbocycles. The minimum Gasteiger partial charge on any atom is -0.361 e. The molecule has 3 N–H and O–H groups in total. The second-order valence-electron chi connectivity index (χ2n) is 4.23. The number of aromatic nitrogens is 1. The van der Waals surface area contributed by atoms with Crippen molar-refractivity contribution in [2.75, 3.05) is 6.54 Å². The van der Waals surface area contributed by atoms with Gasteiger partial charge in [0.2, 0.25) is 0 Å². The quantitative estimate of drug-likeness (QED) is 0.741. The fourth-order valence-electron chi connectivity index (χ4n) is 2.28. The van der Waals surface area contributed by atoms with Crippen molar-refractivity contribution >= 4 is 10.9 Å². The highest BCUT2D eigenvalue weighted by Gasteiger charge is 2.43. The predicted molar refractivity (Wildman–Crippen MR) is 58.3 cm³/mol. The van der Waals surface area contributed by atoms with Gasteiger partial charge in [-0.2, -0.15) is 0 Å². The molecule has 14 heavy (non-hydrogen) atoms. The second kappa shape index (κ2) is 2.61. The van der Waals surface area contributed by atoms with Crippen molar-refractivity contribution < 1.29 is 0 Å². The molecular weight excluding hydrogens is 172 g/mol. The first-order chi connectivity index (χ1) is 6.86. The molecule has 0 unspecified atom stereocenters. The van der Waals surface area contributed by atoms with E-state index in [0.29, 0.717) is 5.41 Å². The van der Waals surface area contributed by atoms with E-state index in [-0.39, 0.29) is 0 Å². The van der Waals surface area contributed by atoms with E-state index < -0.39 is 0 Å². The molecular formula is C12H14N2. The molecule has 1 saturated carbocycles. The number of hydrogen-bond donors (Lipinski definition) is 2. The number of benzene rings is 1. The van der Waals surface area contributed by atoms with E-state index in [9.17, 15) is 0 Å². The SMILES string of the molecule is NCC1(c2cccc3[nH]ccc23)CC1. The number of nitrogens with one attached hydrogen (secondary N) is 1. The van der Waals surface area contributed by atoms with Crippen LogP contribution in [0.15, 0.2) is 30.5 Å². The third-order valence-electron chi connectivity index (χ3n) is 3.41. The van der Waals surface area contributed by atoms with Crippen LogP contribution in [0.3, 0.4) is 0 Å². The Balaban J connectivity index is 2.25. The molecule has 1 fully saturated rings. The molecule has 1 aliphatic carbocycles. The van der Waals surface area contributed by atoms with Crippen molar-refractivity contribution in [3.63, 3.8) is 0 Å². The van der Waals surface area contributed by atoms with Gasteiger partial charge in [-0.15, -0.1) is 0 Å². The first-order valence-corrected chi connectivity index (χ1v) is 5.12. The third kappa shape index (κ3) is 0.946. The Morgan fingerprint density at radius 2 is 2.14 bits per heavy atom. The van der Waals surface area contributed by atoms with Gasteiger partial charge < -0.3 is 10.7 Å². The monoisotopic (exact) mass is 186 g/mol. The molecule has 0 saturated heterocycles. The molecule has 0 amide bonds. The Morgan fingerprint density at radius 1 is 1.29 bits per heavy atom. The summed E-state index contributed by atoms with van der Waals surface area (Å²) in [6.07, 6.45) is 4.49. The first kappa shape index (κ1) is 8.06. The summed E-state index contributed by atoms with van der Waals surface area (Å²) in [5.41, 5.74) is 8.80. The number of rotatable bonds is 2. The molecule has 1 aromatic heterocycles. The first-order valence-electron chi connectivity index (χ1n) is 5.12. The highest BCUT2D eigenvalue weighted by molar-refractivity contribution is 5.84. The van der Waals surface area contributed by atoms with Gasteiger partial charge in [-0.3, -0.25) is 0 Å². The van der Waals surface area contributed by atoms with Crippen molar-refractivity contribution in [2.24, 2.45) is 5.73 Å². The van der Waals surface area contributed by atoms with Crippen LogP contribution in [-0.4, -0.2) is 11.5 Å². The van der Waals surface area contributed by atoms with Crippen LogP contribution < -0.4 is 5.73 Å². The number of aromatic amines is 1. The fourth-order valence-corrected chi connectivity index (χ4v) is 2.28. The van der Waals surface area contributed by atoms with Gasteiger partial charge in [-0.1, -0.05) is 12.1 Å². The zero-order chi connectivity index (χ0) is 9.60. The maximum absolute atomic E-state index is 5.85. The summed E-state index contributed by atoms with van der Waals surface area (Å²) < 4.78 is 0. The highest BCUT2D eigenvalue weighted by atomic mass is 14.7. The number of fused-ring (bicyclic) bond motifs is 1. The minimum absolute atomic E-state index is 0.293. The Morgan fingerprint density at radius 3 is 2.86 bits per heavy atom. The predicted octanol–water partition coefficient (Wildman–Crippen LogP) is 2.16. The summed E-state index contributed by atoms with van der Waals surface area (Å²) in [5, 5.41) is 1.34. The molecule has 2 nitrogen and oxygen atoms in total. The molecule has 0 aliphatic heterocycles. The van der Waals surface area contributed by atoms with Crippen LogP contribution in [0.4, 0.5) is 0 Å². The lowest BCUT2D eigenvalue weighted by Crippen LogP contribution is -2.19. The molecule has 3 rings (SSSR count). The Hall–Kier alpha value is -1.28. The Bertz CT molecular complexity index is 466. The van der Waals surface area contributed by atoms with E-state index in [1.807, 2.05) is 6.20 Å². The average Bonchev–Trinajstić information content (AvgIpc) is 2.87. The molecule has 0 bridgehead atoms. The maximum Gasteiger partial charge on any atom is 0.0456 e. The number of nitrogens with two attached hydrogens (primary N) is 1. The highest BCUT2D eigenvalue weighted by Crippen LogP contribution is 2.49. The smallest absolute Gasteiger partial charge is 0.0456 e. The molecule has 1 heterocycles. The Kier molecular flexibility index (Phi) is 1.50. The zero-order valence-electron chi connectivity index (χ0n) is 8.09. The van der Waals surface area contributed by atoms with Crippen LogP contribution >= 0.6 is 0 Å². The molecule has 2 aromatic rings. The van der Waals surface area contributed by atoms with Crippen molar-refractivity contribution in [2.45, 2.75) is 18.3 Å². The average molecular weight is 186 g/mol. The normalized spacial score (nSPS) is 18.6. The van der Waals surface area contributed by atoms with E-state index in [2.05, 4.69) is 29.2 Å². The van der Waals surface area contributed by atoms with E-state index >= 15 is 0 Å². The van der Waals surface area contributed by atoms with E-state index in [4.69, 9.17) is 5.73 Å². The van der Waals surface area contributed by atoms with Gasteiger partial charge in [0.25, 0.3) is 0 Å². The standard InChI is InChI=1S/C12H14N2/c13-8-12(5-6-12)10-2-1-3-11-9(10)4-7-14-11/h1-4,7,14H,5-6,8,13H2. The van der Waals surface area contributed by atoms with Crippen LogP contribution in [0.1, 0.15) is 18.4 Å². The van der Waals surface area contributed by atoms with Crippen LogP contribution in [0, 0.1) is 0 Å². The molecule has 0 radical (unpaired) electrons. The van der Waals surface area contributed by atoms with Gasteiger partial charge in [0.1, 0.15) is 0 Å². The molecule has 72 valence electrons. The third-order valence-corrected chi connectivity index (χ3v) is 3.41. The van der Waals surface area contributed by atoms with Gasteiger partial charge >= 0.3 is 0 Å². The summed E-state index contributed by atoms with van der Waals surface area (Å²) in [6, 6.07) is 8.60. The van der Waals surface area contributed by atoms with Gasteiger partial charge in [0.05, 0.1) is 0 Å². The van der Waals surface area contributed by atoms with Crippen molar-refractivity contribution in [1.29, 1.82) is 0 Å². The zero-order valence-corrected chi connectivity index (χ0v) is 8.09. The molecule has 0 spiro atoms. The molecule has 1 aliphatic rings. The lowest BCUT2D eigenvalue weighted by Gasteiger charge is -2.13. The molecule has 2 heteroatoms. The summed E-state index contributed by atoms with van der Waals surface area (Å²) in [4.78, 5) is 3.24. The van der Waals surface area contributed by atoms with Gasteiger partial charge in [0.15, 0.2) is 0 Å². The summed E-state index contributed by atoms with van der Waals surface area (Å²) in [6.45, 7) is 0.775. The van der Waals surface area contributed by atoms with Crippen molar-refractivity contribution in [3.8, 4) is 0 Å². The van der Waals surface area contributed by atoms with Crippen LogP contribution in [0.5, 0.6) is 0 Å². The van der Waals surface area contributed by atoms with Gasteiger partial charge in [-0.05, 0) is 30.5 Å².